The number of carbonyl (C=O) groups excluding carboxylic acids is 1. The number of carbonyl (C=O) groups is 2. The molecule has 1 heterocycles. The van der Waals surface area contributed by atoms with Crippen molar-refractivity contribution in [1.29, 1.82) is 0 Å². The second kappa shape index (κ2) is 8.67. The van der Waals surface area contributed by atoms with Gasteiger partial charge in [-0.15, -0.1) is 0 Å². The van der Waals surface area contributed by atoms with Gasteiger partial charge in [0.15, 0.2) is 0 Å². The molecule has 6 nitrogen and oxygen atoms in total. The topological polar surface area (TPSA) is 84.2 Å². The monoisotopic (exact) mass is 427 g/mol. The van der Waals surface area contributed by atoms with E-state index >= 15 is 0 Å². The number of hydrogen-bond acceptors (Lipinski definition) is 3. The van der Waals surface area contributed by atoms with Crippen LogP contribution in [-0.4, -0.2) is 33.1 Å². The molecule has 2 N–H and O–H groups in total. The van der Waals surface area contributed by atoms with Crippen molar-refractivity contribution in [3.8, 4) is 22.5 Å². The minimum atomic E-state index is -1.08. The number of carboxylic acid groups (broad SMARTS) is 1. The Hall–Kier alpha value is -3.93. The van der Waals surface area contributed by atoms with Crippen molar-refractivity contribution in [2.75, 3.05) is 6.54 Å². The normalized spacial score (nSPS) is 11.0. The average molecular weight is 428 g/mol. The number of hydrogen-bond donors (Lipinski definition) is 2. The summed E-state index contributed by atoms with van der Waals surface area (Å²) in [5.74, 6) is -0.682. The van der Waals surface area contributed by atoms with Crippen molar-refractivity contribution < 1.29 is 14.7 Å². The smallest absolute Gasteiger partial charge is 0.322 e. The summed E-state index contributed by atoms with van der Waals surface area (Å²) in [6.07, 6.45) is 0. The van der Waals surface area contributed by atoms with Crippen LogP contribution >= 0.6 is 0 Å². The van der Waals surface area contributed by atoms with E-state index in [4.69, 9.17) is 10.1 Å². The molecular formula is C26H25N3O3. The number of nitrogens with zero attached hydrogens (tertiary/aromatic N) is 2. The Morgan fingerprint density at radius 3 is 2.41 bits per heavy atom. The zero-order valence-corrected chi connectivity index (χ0v) is 18.3. The second-order valence-electron chi connectivity index (χ2n) is 7.82. The van der Waals surface area contributed by atoms with Crippen LogP contribution in [0.25, 0.3) is 33.5 Å². The third-order valence-corrected chi connectivity index (χ3v) is 5.57. The summed E-state index contributed by atoms with van der Waals surface area (Å²) in [6, 6.07) is 19.9. The number of rotatable bonds is 6. The van der Waals surface area contributed by atoms with Gasteiger partial charge in [-0.25, -0.2) is 4.98 Å². The van der Waals surface area contributed by atoms with Gasteiger partial charge in [-0.05, 0) is 55.7 Å². The fraction of sp³-hybridized carbons (Fsp3) is 0.192. The molecule has 0 radical (unpaired) electrons. The van der Waals surface area contributed by atoms with Crippen molar-refractivity contribution in [2.24, 2.45) is 0 Å². The summed E-state index contributed by atoms with van der Waals surface area (Å²) in [5, 5.41) is 11.2. The van der Waals surface area contributed by atoms with E-state index < -0.39 is 18.4 Å². The number of nitrogens with one attached hydrogen (secondary N) is 1. The van der Waals surface area contributed by atoms with Crippen LogP contribution in [-0.2, 0) is 11.3 Å². The number of aromatic nitrogens is 2. The molecule has 0 saturated heterocycles. The van der Waals surface area contributed by atoms with E-state index in [0.717, 1.165) is 34.6 Å². The standard InChI is InChI=1S/C26H25N3O3/c1-4-29-23-12-10-18(26(32)27-15-24(30)31)14-22(23)28-25(29)21-8-6-5-7-20(21)19-11-9-16(2)13-17(19)3/h5-14H,4,15H2,1-3H3,(H,27,32)(H,30,31). The molecule has 6 heteroatoms. The van der Waals surface area contributed by atoms with Crippen LogP contribution < -0.4 is 5.32 Å². The highest BCUT2D eigenvalue weighted by atomic mass is 16.4. The van der Waals surface area contributed by atoms with Gasteiger partial charge >= 0.3 is 5.97 Å². The molecule has 4 aromatic rings. The van der Waals surface area contributed by atoms with E-state index in [1.165, 1.54) is 11.1 Å². The van der Waals surface area contributed by atoms with E-state index in [0.29, 0.717) is 11.1 Å². The molecule has 4 rings (SSSR count). The lowest BCUT2D eigenvalue weighted by atomic mass is 9.94. The zero-order valence-electron chi connectivity index (χ0n) is 18.3. The Morgan fingerprint density at radius 2 is 1.72 bits per heavy atom. The van der Waals surface area contributed by atoms with Gasteiger partial charge in [0, 0.05) is 17.7 Å². The number of fused-ring (bicyclic) bond motifs is 1. The molecule has 32 heavy (non-hydrogen) atoms. The van der Waals surface area contributed by atoms with E-state index in [1.807, 2.05) is 18.2 Å². The highest BCUT2D eigenvalue weighted by molar-refractivity contribution is 5.99. The lowest BCUT2D eigenvalue weighted by Crippen LogP contribution is -2.29. The molecule has 0 atom stereocenters. The lowest BCUT2D eigenvalue weighted by Gasteiger charge is -2.14. The first-order chi connectivity index (χ1) is 15.4. The lowest BCUT2D eigenvalue weighted by molar-refractivity contribution is -0.135. The van der Waals surface area contributed by atoms with E-state index in [1.54, 1.807) is 12.1 Å². The minimum Gasteiger partial charge on any atom is -0.480 e. The summed E-state index contributed by atoms with van der Waals surface area (Å²) in [4.78, 5) is 28.0. The first-order valence-electron chi connectivity index (χ1n) is 10.6. The third kappa shape index (κ3) is 3.99. The molecule has 0 spiro atoms. The number of aryl methyl sites for hydroxylation is 3. The van der Waals surface area contributed by atoms with Crippen molar-refractivity contribution in [3.05, 3.63) is 77.4 Å². The molecule has 0 saturated carbocycles. The summed E-state index contributed by atoms with van der Waals surface area (Å²) >= 11 is 0. The Morgan fingerprint density at radius 1 is 0.969 bits per heavy atom. The van der Waals surface area contributed by atoms with Gasteiger partial charge in [-0.2, -0.15) is 0 Å². The molecule has 162 valence electrons. The fourth-order valence-electron chi connectivity index (χ4n) is 4.08. The molecular weight excluding hydrogens is 402 g/mol. The Balaban J connectivity index is 1.83. The summed E-state index contributed by atoms with van der Waals surface area (Å²) in [5.41, 5.74) is 7.72. The van der Waals surface area contributed by atoms with Crippen molar-refractivity contribution in [3.63, 3.8) is 0 Å². The first-order valence-corrected chi connectivity index (χ1v) is 10.6. The number of carboxylic acids is 1. The Bertz CT molecular complexity index is 1340. The molecule has 0 aliphatic carbocycles. The van der Waals surface area contributed by atoms with Crippen LogP contribution in [0, 0.1) is 13.8 Å². The summed E-state index contributed by atoms with van der Waals surface area (Å²) < 4.78 is 2.14. The van der Waals surface area contributed by atoms with Crippen molar-refractivity contribution >= 4 is 22.9 Å². The van der Waals surface area contributed by atoms with Crippen LogP contribution in [0.2, 0.25) is 0 Å². The predicted molar refractivity (Wildman–Crippen MR) is 126 cm³/mol. The van der Waals surface area contributed by atoms with E-state index in [2.05, 4.69) is 61.0 Å². The average Bonchev–Trinajstić information content (AvgIpc) is 3.15. The SMILES string of the molecule is CCn1c(-c2ccccc2-c2ccc(C)cc2C)nc2cc(C(=O)NCC(=O)O)ccc21. The molecule has 1 aromatic heterocycles. The highest BCUT2D eigenvalue weighted by Crippen LogP contribution is 2.35. The van der Waals surface area contributed by atoms with Gasteiger partial charge in [-0.3, -0.25) is 9.59 Å². The van der Waals surface area contributed by atoms with Crippen molar-refractivity contribution in [2.45, 2.75) is 27.3 Å². The van der Waals surface area contributed by atoms with Gasteiger partial charge in [-0.1, -0.05) is 48.0 Å². The maximum atomic E-state index is 12.3. The second-order valence-corrected chi connectivity index (χ2v) is 7.82. The highest BCUT2D eigenvalue weighted by Gasteiger charge is 2.18. The maximum absolute atomic E-state index is 12.3. The van der Waals surface area contributed by atoms with Crippen LogP contribution in [0.15, 0.2) is 60.7 Å². The Labute approximate surface area is 186 Å². The van der Waals surface area contributed by atoms with Crippen LogP contribution in [0.3, 0.4) is 0 Å². The van der Waals surface area contributed by atoms with Gasteiger partial charge in [0.2, 0.25) is 0 Å². The van der Waals surface area contributed by atoms with Gasteiger partial charge in [0.25, 0.3) is 5.91 Å². The molecule has 0 bridgehead atoms. The van der Waals surface area contributed by atoms with E-state index in [-0.39, 0.29) is 0 Å². The first kappa shape index (κ1) is 21.3. The van der Waals surface area contributed by atoms with E-state index in [9.17, 15) is 9.59 Å². The Kier molecular flexibility index (Phi) is 5.77. The molecule has 1 amide bonds. The maximum Gasteiger partial charge on any atom is 0.322 e. The number of amides is 1. The van der Waals surface area contributed by atoms with Crippen LogP contribution in [0.4, 0.5) is 0 Å². The zero-order chi connectivity index (χ0) is 22.8. The van der Waals surface area contributed by atoms with Gasteiger partial charge in [0.1, 0.15) is 12.4 Å². The van der Waals surface area contributed by atoms with Crippen LogP contribution in [0.1, 0.15) is 28.4 Å². The minimum absolute atomic E-state index is 0.383. The summed E-state index contributed by atoms with van der Waals surface area (Å²) in [6.45, 7) is 6.57. The predicted octanol–water partition coefficient (Wildman–Crippen LogP) is 4.82. The molecule has 0 aliphatic heterocycles. The van der Waals surface area contributed by atoms with Gasteiger partial charge < -0.3 is 15.0 Å². The van der Waals surface area contributed by atoms with Crippen LogP contribution in [0.5, 0.6) is 0 Å². The number of imidazole rings is 1. The third-order valence-electron chi connectivity index (χ3n) is 5.57. The molecule has 3 aromatic carbocycles. The fourth-order valence-corrected chi connectivity index (χ4v) is 4.08. The largest absolute Gasteiger partial charge is 0.480 e. The summed E-state index contributed by atoms with van der Waals surface area (Å²) in [7, 11) is 0. The quantitative estimate of drug-likeness (QED) is 0.462. The number of benzene rings is 3. The van der Waals surface area contributed by atoms with Crippen molar-refractivity contribution in [1.82, 2.24) is 14.9 Å². The number of aliphatic carboxylic acids is 1. The molecule has 0 aliphatic rings. The molecule has 0 unspecified atom stereocenters. The van der Waals surface area contributed by atoms with Gasteiger partial charge in [0.05, 0.1) is 11.0 Å². The molecule has 0 fully saturated rings.